The number of aryl methyl sites for hydroxylation is 2. The van der Waals surface area contributed by atoms with Crippen molar-refractivity contribution in [3.05, 3.63) is 77.4 Å². The molecule has 1 saturated heterocycles. The summed E-state index contributed by atoms with van der Waals surface area (Å²) in [6, 6.07) is 13.8. The third-order valence-electron chi connectivity index (χ3n) is 5.68. The predicted octanol–water partition coefficient (Wildman–Crippen LogP) is 3.02. The van der Waals surface area contributed by atoms with Crippen LogP contribution in [0.15, 0.2) is 54.7 Å². The first kappa shape index (κ1) is 21.7. The number of hydrogen-bond donors (Lipinski definition) is 1. The Balaban J connectivity index is 1.31. The second-order valence-corrected chi connectivity index (χ2v) is 7.98. The zero-order chi connectivity index (χ0) is 22.7. The normalized spacial score (nSPS) is 14.4. The summed E-state index contributed by atoms with van der Waals surface area (Å²) in [4.78, 5) is 29.1. The molecule has 0 bridgehead atoms. The van der Waals surface area contributed by atoms with Crippen LogP contribution >= 0.6 is 0 Å². The molecule has 1 aromatic heterocycles. The number of hydrogen-bond acceptors (Lipinski definition) is 4. The van der Waals surface area contributed by atoms with Crippen LogP contribution in [0.5, 0.6) is 0 Å². The number of carbonyl (C=O) groups excluding carboxylic acids is 2. The number of rotatable bonds is 5. The standard InChI is InChI=1S/C24H26FN5O2/c1-17-6-5-7-18(2)23(17)26-22(31)16-28-12-14-29(15-13-28)24(32)20-10-11-30(27-20)21-9-4-3-8-19(21)25/h3-11H,12-16H2,1-2H3,(H,26,31). The first-order valence-electron chi connectivity index (χ1n) is 10.6. The minimum Gasteiger partial charge on any atom is -0.335 e. The maximum atomic E-state index is 14.0. The van der Waals surface area contributed by atoms with Gasteiger partial charge in [0.1, 0.15) is 11.5 Å². The number of benzene rings is 2. The van der Waals surface area contributed by atoms with Crippen LogP contribution in [-0.2, 0) is 4.79 Å². The van der Waals surface area contributed by atoms with Crippen molar-refractivity contribution < 1.29 is 14.0 Å². The Hall–Kier alpha value is -3.52. The summed E-state index contributed by atoms with van der Waals surface area (Å²) in [6.07, 6.45) is 1.58. The average Bonchev–Trinajstić information content (AvgIpc) is 3.27. The van der Waals surface area contributed by atoms with E-state index in [9.17, 15) is 14.0 Å². The fraction of sp³-hybridized carbons (Fsp3) is 0.292. The smallest absolute Gasteiger partial charge is 0.274 e. The molecule has 3 aromatic rings. The van der Waals surface area contributed by atoms with Gasteiger partial charge in [0.05, 0.1) is 6.54 Å². The Labute approximate surface area is 186 Å². The van der Waals surface area contributed by atoms with Crippen molar-refractivity contribution in [1.82, 2.24) is 19.6 Å². The minimum atomic E-state index is -0.401. The average molecular weight is 436 g/mol. The lowest BCUT2D eigenvalue weighted by Crippen LogP contribution is -2.50. The highest BCUT2D eigenvalue weighted by Gasteiger charge is 2.25. The second kappa shape index (κ2) is 9.32. The van der Waals surface area contributed by atoms with Crippen LogP contribution in [0, 0.1) is 19.7 Å². The lowest BCUT2D eigenvalue weighted by molar-refractivity contribution is -0.117. The van der Waals surface area contributed by atoms with E-state index in [1.807, 2.05) is 36.9 Å². The number of nitrogens with one attached hydrogen (secondary N) is 1. The molecule has 1 fully saturated rings. The number of carbonyl (C=O) groups is 2. The molecule has 0 saturated carbocycles. The van der Waals surface area contributed by atoms with E-state index in [1.165, 1.54) is 10.7 Å². The highest BCUT2D eigenvalue weighted by atomic mass is 19.1. The number of nitrogens with zero attached hydrogens (tertiary/aromatic N) is 4. The molecule has 0 radical (unpaired) electrons. The monoisotopic (exact) mass is 435 g/mol. The van der Waals surface area contributed by atoms with Gasteiger partial charge in [-0.25, -0.2) is 9.07 Å². The molecule has 0 atom stereocenters. The molecule has 32 heavy (non-hydrogen) atoms. The van der Waals surface area contributed by atoms with E-state index < -0.39 is 5.82 Å². The summed E-state index contributed by atoms with van der Waals surface area (Å²) in [6.45, 7) is 6.42. The molecular weight excluding hydrogens is 409 g/mol. The summed E-state index contributed by atoms with van der Waals surface area (Å²) in [5.41, 5.74) is 3.49. The van der Waals surface area contributed by atoms with E-state index in [0.29, 0.717) is 31.9 Å². The largest absolute Gasteiger partial charge is 0.335 e. The second-order valence-electron chi connectivity index (χ2n) is 7.98. The quantitative estimate of drug-likeness (QED) is 0.669. The number of anilines is 1. The zero-order valence-corrected chi connectivity index (χ0v) is 18.2. The molecule has 1 aliphatic rings. The lowest BCUT2D eigenvalue weighted by atomic mass is 10.1. The number of piperazine rings is 1. The molecule has 0 unspecified atom stereocenters. The molecule has 166 valence electrons. The van der Waals surface area contributed by atoms with E-state index >= 15 is 0 Å². The number of amides is 2. The van der Waals surface area contributed by atoms with Crippen molar-refractivity contribution in [1.29, 1.82) is 0 Å². The van der Waals surface area contributed by atoms with Crippen LogP contribution < -0.4 is 5.32 Å². The molecule has 2 heterocycles. The van der Waals surface area contributed by atoms with Gasteiger partial charge in [0.15, 0.2) is 5.69 Å². The van der Waals surface area contributed by atoms with Crippen molar-refractivity contribution in [3.63, 3.8) is 0 Å². The van der Waals surface area contributed by atoms with Gasteiger partial charge in [-0.3, -0.25) is 14.5 Å². The molecule has 7 nitrogen and oxygen atoms in total. The molecule has 2 amide bonds. The SMILES string of the molecule is Cc1cccc(C)c1NC(=O)CN1CCN(C(=O)c2ccn(-c3ccccc3F)n2)CC1. The van der Waals surface area contributed by atoms with Gasteiger partial charge < -0.3 is 10.2 Å². The Bertz CT molecular complexity index is 1110. The molecular formula is C24H26FN5O2. The molecule has 8 heteroatoms. The van der Waals surface area contributed by atoms with Crippen molar-refractivity contribution >= 4 is 17.5 Å². The van der Waals surface area contributed by atoms with Crippen LogP contribution in [0.3, 0.4) is 0 Å². The van der Waals surface area contributed by atoms with Crippen molar-refractivity contribution in [3.8, 4) is 5.69 Å². The molecule has 0 aliphatic carbocycles. The number of para-hydroxylation sites is 2. The van der Waals surface area contributed by atoms with Gasteiger partial charge in [0, 0.05) is 38.1 Å². The topological polar surface area (TPSA) is 70.5 Å². The minimum absolute atomic E-state index is 0.0641. The molecule has 4 rings (SSSR count). The first-order valence-corrected chi connectivity index (χ1v) is 10.6. The fourth-order valence-corrected chi connectivity index (χ4v) is 3.87. The van der Waals surface area contributed by atoms with Crippen LogP contribution in [-0.4, -0.2) is 64.1 Å². The third kappa shape index (κ3) is 4.70. The van der Waals surface area contributed by atoms with Crippen LogP contribution in [0.25, 0.3) is 5.69 Å². The van der Waals surface area contributed by atoms with Crippen LogP contribution in [0.1, 0.15) is 21.6 Å². The maximum Gasteiger partial charge on any atom is 0.274 e. The van der Waals surface area contributed by atoms with Gasteiger partial charge in [-0.1, -0.05) is 30.3 Å². The van der Waals surface area contributed by atoms with Crippen molar-refractivity contribution in [2.75, 3.05) is 38.0 Å². The Morgan fingerprint density at radius 1 is 0.969 bits per heavy atom. The van der Waals surface area contributed by atoms with Crippen molar-refractivity contribution in [2.24, 2.45) is 0 Å². The summed E-state index contributed by atoms with van der Waals surface area (Å²) in [7, 11) is 0. The third-order valence-corrected chi connectivity index (χ3v) is 5.68. The van der Waals surface area contributed by atoms with Gasteiger partial charge in [-0.05, 0) is 43.2 Å². The van der Waals surface area contributed by atoms with Gasteiger partial charge in [-0.2, -0.15) is 5.10 Å². The summed E-state index contributed by atoms with van der Waals surface area (Å²) in [5, 5.41) is 7.26. The number of halogens is 1. The Kier molecular flexibility index (Phi) is 6.32. The summed E-state index contributed by atoms with van der Waals surface area (Å²) in [5.74, 6) is -0.659. The molecule has 1 N–H and O–H groups in total. The number of aromatic nitrogens is 2. The van der Waals surface area contributed by atoms with Gasteiger partial charge >= 0.3 is 0 Å². The zero-order valence-electron chi connectivity index (χ0n) is 18.2. The molecule has 2 aromatic carbocycles. The van der Waals surface area contributed by atoms with E-state index in [0.717, 1.165) is 16.8 Å². The highest BCUT2D eigenvalue weighted by Crippen LogP contribution is 2.19. The van der Waals surface area contributed by atoms with E-state index in [2.05, 4.69) is 10.4 Å². The van der Waals surface area contributed by atoms with E-state index in [1.54, 1.807) is 35.4 Å². The molecule has 0 spiro atoms. The van der Waals surface area contributed by atoms with Crippen LogP contribution in [0.2, 0.25) is 0 Å². The van der Waals surface area contributed by atoms with Crippen LogP contribution in [0.4, 0.5) is 10.1 Å². The lowest BCUT2D eigenvalue weighted by Gasteiger charge is -2.34. The first-order chi connectivity index (χ1) is 15.4. The van der Waals surface area contributed by atoms with E-state index in [-0.39, 0.29) is 24.1 Å². The Morgan fingerprint density at radius 2 is 1.66 bits per heavy atom. The summed E-state index contributed by atoms with van der Waals surface area (Å²) < 4.78 is 15.3. The highest BCUT2D eigenvalue weighted by molar-refractivity contribution is 5.94. The Morgan fingerprint density at radius 3 is 2.34 bits per heavy atom. The van der Waals surface area contributed by atoms with Gasteiger partial charge in [-0.15, -0.1) is 0 Å². The van der Waals surface area contributed by atoms with Gasteiger partial charge in [0.25, 0.3) is 5.91 Å². The van der Waals surface area contributed by atoms with Gasteiger partial charge in [0.2, 0.25) is 5.91 Å². The fourth-order valence-electron chi connectivity index (χ4n) is 3.87. The van der Waals surface area contributed by atoms with Crippen molar-refractivity contribution in [2.45, 2.75) is 13.8 Å². The van der Waals surface area contributed by atoms with E-state index in [4.69, 9.17) is 0 Å². The molecule has 1 aliphatic heterocycles. The summed E-state index contributed by atoms with van der Waals surface area (Å²) >= 11 is 0. The maximum absolute atomic E-state index is 14.0. The predicted molar refractivity (Wildman–Crippen MR) is 120 cm³/mol.